The first-order valence-electron chi connectivity index (χ1n) is 6.67. The van der Waals surface area contributed by atoms with E-state index in [4.69, 9.17) is 11.6 Å². The van der Waals surface area contributed by atoms with E-state index < -0.39 is 5.91 Å². The summed E-state index contributed by atoms with van der Waals surface area (Å²) < 4.78 is 1.35. The number of carbonyl (C=O) groups is 2. The van der Waals surface area contributed by atoms with E-state index in [0.29, 0.717) is 15.8 Å². The molecule has 1 aromatic heterocycles. The van der Waals surface area contributed by atoms with Gasteiger partial charge in [-0.05, 0) is 18.2 Å². The van der Waals surface area contributed by atoms with Crippen molar-refractivity contribution in [3.05, 3.63) is 41.3 Å². The molecule has 0 aliphatic rings. The molecule has 0 fully saturated rings. The van der Waals surface area contributed by atoms with Gasteiger partial charge in [-0.3, -0.25) is 14.8 Å². The van der Waals surface area contributed by atoms with Crippen molar-refractivity contribution >= 4 is 34.9 Å². The molecule has 8 nitrogen and oxygen atoms in total. The Labute approximate surface area is 137 Å². The summed E-state index contributed by atoms with van der Waals surface area (Å²) in [5.74, 6) is -0.768. The second-order valence-corrected chi connectivity index (χ2v) is 5.14. The van der Waals surface area contributed by atoms with Crippen LogP contribution in [0.1, 0.15) is 10.5 Å². The molecule has 0 atom stereocenters. The smallest absolute Gasteiger partial charge is 0.297 e. The third-order valence-corrected chi connectivity index (χ3v) is 3.23. The Morgan fingerprint density at radius 3 is 2.78 bits per heavy atom. The Kier molecular flexibility index (Phi) is 5.20. The van der Waals surface area contributed by atoms with Crippen molar-refractivity contribution in [2.24, 2.45) is 0 Å². The number of aromatic nitrogens is 2. The maximum absolute atomic E-state index is 12.1. The van der Waals surface area contributed by atoms with Gasteiger partial charge in [-0.15, -0.1) is 0 Å². The number of hydroxylamine groups is 2. The van der Waals surface area contributed by atoms with Crippen molar-refractivity contribution in [1.82, 2.24) is 14.6 Å². The van der Waals surface area contributed by atoms with Crippen LogP contribution in [0.15, 0.2) is 30.6 Å². The van der Waals surface area contributed by atoms with Crippen molar-refractivity contribution in [2.75, 3.05) is 24.7 Å². The third kappa shape index (κ3) is 3.99. The predicted octanol–water partition coefficient (Wildman–Crippen LogP) is 1.68. The fraction of sp³-hybridized carbons (Fsp3) is 0.214. The lowest BCUT2D eigenvalue weighted by atomic mass is 10.3. The molecule has 2 amide bonds. The van der Waals surface area contributed by atoms with Crippen molar-refractivity contribution in [2.45, 2.75) is 6.54 Å². The molecule has 0 radical (unpaired) electrons. The molecule has 0 spiro atoms. The summed E-state index contributed by atoms with van der Waals surface area (Å²) >= 11 is 5.86. The Hall–Kier alpha value is -2.58. The van der Waals surface area contributed by atoms with Gasteiger partial charge in [-0.1, -0.05) is 17.7 Å². The van der Waals surface area contributed by atoms with E-state index in [-0.39, 0.29) is 24.0 Å². The highest BCUT2D eigenvalue weighted by Gasteiger charge is 2.22. The number of anilines is 2. The first-order chi connectivity index (χ1) is 10.9. The first-order valence-corrected chi connectivity index (χ1v) is 7.05. The van der Waals surface area contributed by atoms with Crippen molar-refractivity contribution in [3.63, 3.8) is 0 Å². The van der Waals surface area contributed by atoms with Crippen LogP contribution in [-0.4, -0.2) is 45.7 Å². The van der Waals surface area contributed by atoms with Crippen molar-refractivity contribution in [3.8, 4) is 0 Å². The number of nitrogens with one attached hydrogen (secondary N) is 2. The molecule has 0 bridgehead atoms. The summed E-state index contributed by atoms with van der Waals surface area (Å²) in [7, 11) is 2.79. The molecule has 0 aliphatic carbocycles. The van der Waals surface area contributed by atoms with Gasteiger partial charge in [0, 0.05) is 24.8 Å². The quantitative estimate of drug-likeness (QED) is 0.569. The zero-order valence-electron chi connectivity index (χ0n) is 12.6. The summed E-state index contributed by atoms with van der Waals surface area (Å²) in [4.78, 5) is 28.1. The topological polar surface area (TPSA) is 99.5 Å². The molecule has 0 saturated carbocycles. The van der Waals surface area contributed by atoms with Crippen LogP contribution in [0, 0.1) is 0 Å². The minimum atomic E-state index is -0.678. The molecular weight excluding hydrogens is 322 g/mol. The summed E-state index contributed by atoms with van der Waals surface area (Å²) in [5, 5.41) is 15.7. The van der Waals surface area contributed by atoms with Gasteiger partial charge in [-0.2, -0.15) is 0 Å². The number of rotatable bonds is 5. The second kappa shape index (κ2) is 7.12. The largest absolute Gasteiger partial charge is 0.371 e. The van der Waals surface area contributed by atoms with Gasteiger partial charge in [0.15, 0.2) is 11.5 Å². The van der Waals surface area contributed by atoms with Crippen molar-refractivity contribution in [1.29, 1.82) is 0 Å². The molecular formula is C14H16ClN5O3. The van der Waals surface area contributed by atoms with Gasteiger partial charge in [0.1, 0.15) is 6.54 Å². The molecule has 3 N–H and O–H groups in total. The standard InChI is InChI=1S/C14H16ClN5O3/c1-16-13-12(14(22)19(2)23)20(8-17-13)7-11(21)18-10-5-3-4-9(15)6-10/h3-6,8,16,23H,7H2,1-2H3,(H,18,21). The predicted molar refractivity (Wildman–Crippen MR) is 85.7 cm³/mol. The zero-order chi connectivity index (χ0) is 17.0. The molecule has 0 unspecified atom stereocenters. The molecule has 9 heteroatoms. The van der Waals surface area contributed by atoms with Crippen LogP contribution >= 0.6 is 11.6 Å². The van der Waals surface area contributed by atoms with Gasteiger partial charge in [-0.25, -0.2) is 10.0 Å². The molecule has 1 heterocycles. The molecule has 0 saturated heterocycles. The van der Waals surface area contributed by atoms with E-state index in [1.54, 1.807) is 31.3 Å². The molecule has 2 rings (SSSR count). The lowest BCUT2D eigenvalue weighted by Gasteiger charge is -2.13. The number of hydrogen-bond acceptors (Lipinski definition) is 5. The highest BCUT2D eigenvalue weighted by molar-refractivity contribution is 6.30. The molecule has 2 aromatic rings. The average Bonchev–Trinajstić information content (AvgIpc) is 2.88. The van der Waals surface area contributed by atoms with E-state index in [0.717, 1.165) is 0 Å². The number of benzene rings is 1. The van der Waals surface area contributed by atoms with E-state index in [1.807, 2.05) is 0 Å². The molecule has 1 aromatic carbocycles. The Balaban J connectivity index is 2.18. The van der Waals surface area contributed by atoms with E-state index in [1.165, 1.54) is 17.9 Å². The second-order valence-electron chi connectivity index (χ2n) is 4.71. The van der Waals surface area contributed by atoms with Gasteiger partial charge in [0.25, 0.3) is 5.91 Å². The monoisotopic (exact) mass is 337 g/mol. The zero-order valence-corrected chi connectivity index (χ0v) is 13.3. The SMILES string of the molecule is CNc1ncn(CC(=O)Nc2cccc(Cl)c2)c1C(=O)N(C)O. The van der Waals surface area contributed by atoms with Crippen LogP contribution in [-0.2, 0) is 11.3 Å². The highest BCUT2D eigenvalue weighted by Crippen LogP contribution is 2.17. The van der Waals surface area contributed by atoms with Crippen LogP contribution in [0.5, 0.6) is 0 Å². The van der Waals surface area contributed by atoms with E-state index in [9.17, 15) is 14.8 Å². The highest BCUT2D eigenvalue weighted by atomic mass is 35.5. The summed E-state index contributed by atoms with van der Waals surface area (Å²) in [6, 6.07) is 6.72. The number of amides is 2. The fourth-order valence-electron chi connectivity index (χ4n) is 1.98. The van der Waals surface area contributed by atoms with Crippen LogP contribution in [0.2, 0.25) is 5.02 Å². The molecule has 23 heavy (non-hydrogen) atoms. The summed E-state index contributed by atoms with van der Waals surface area (Å²) in [6.07, 6.45) is 1.35. The lowest BCUT2D eigenvalue weighted by molar-refractivity contribution is -0.116. The molecule has 122 valence electrons. The first kappa shape index (κ1) is 16.8. The Bertz CT molecular complexity index is 729. The normalized spacial score (nSPS) is 10.3. The van der Waals surface area contributed by atoms with Crippen LogP contribution in [0.25, 0.3) is 0 Å². The van der Waals surface area contributed by atoms with Gasteiger partial charge < -0.3 is 15.2 Å². The number of carbonyl (C=O) groups excluding carboxylic acids is 2. The average molecular weight is 338 g/mol. The summed E-state index contributed by atoms with van der Waals surface area (Å²) in [6.45, 7) is -0.143. The van der Waals surface area contributed by atoms with Gasteiger partial charge >= 0.3 is 0 Å². The minimum Gasteiger partial charge on any atom is -0.371 e. The maximum Gasteiger partial charge on any atom is 0.297 e. The van der Waals surface area contributed by atoms with Crippen molar-refractivity contribution < 1.29 is 14.8 Å². The van der Waals surface area contributed by atoms with Crippen LogP contribution in [0.4, 0.5) is 11.5 Å². The minimum absolute atomic E-state index is 0.0822. The van der Waals surface area contributed by atoms with Crippen LogP contribution < -0.4 is 10.6 Å². The third-order valence-electron chi connectivity index (χ3n) is 2.99. The molecule has 0 aliphatic heterocycles. The summed E-state index contributed by atoms with van der Waals surface area (Å²) in [5.41, 5.74) is 0.627. The lowest BCUT2D eigenvalue weighted by Crippen LogP contribution is -2.28. The maximum atomic E-state index is 12.1. The number of hydrogen-bond donors (Lipinski definition) is 3. The van der Waals surface area contributed by atoms with Gasteiger partial charge in [0.2, 0.25) is 5.91 Å². The Morgan fingerprint density at radius 2 is 2.17 bits per heavy atom. The fourth-order valence-corrected chi connectivity index (χ4v) is 2.17. The van der Waals surface area contributed by atoms with E-state index in [2.05, 4.69) is 15.6 Å². The number of halogens is 1. The number of imidazole rings is 1. The Morgan fingerprint density at radius 1 is 1.43 bits per heavy atom. The van der Waals surface area contributed by atoms with Crippen LogP contribution in [0.3, 0.4) is 0 Å². The van der Waals surface area contributed by atoms with E-state index >= 15 is 0 Å². The van der Waals surface area contributed by atoms with Gasteiger partial charge in [0.05, 0.1) is 6.33 Å². The number of nitrogens with zero attached hydrogens (tertiary/aromatic N) is 3.